The Morgan fingerprint density at radius 3 is 2.33 bits per heavy atom. The maximum absolute atomic E-state index is 6.60. The quantitative estimate of drug-likeness (QED) is 0.665. The van der Waals surface area contributed by atoms with E-state index in [4.69, 9.17) is 13.9 Å². The Hall–Kier alpha value is -0.323. The van der Waals surface area contributed by atoms with E-state index in [1.165, 1.54) is 23.9 Å². The van der Waals surface area contributed by atoms with E-state index in [1.807, 2.05) is 13.8 Å². The topological polar surface area (TPSA) is 27.7 Å². The number of rotatable bonds is 6. The van der Waals surface area contributed by atoms with Gasteiger partial charge < -0.3 is 13.9 Å². The lowest BCUT2D eigenvalue weighted by Gasteiger charge is -2.33. The molecular weight excluding hydrogens is 280 g/mol. The van der Waals surface area contributed by atoms with Gasteiger partial charge in [0.05, 0.1) is 18.5 Å². The second kappa shape index (κ2) is 6.43. The largest absolute Gasteiger partial charge is 0.547 e. The minimum absolute atomic E-state index is 0.202. The molecule has 3 nitrogen and oxygen atoms in total. The van der Waals surface area contributed by atoms with Crippen LogP contribution in [-0.2, 0) is 13.9 Å². The predicted octanol–water partition coefficient (Wildman–Crippen LogP) is 4.70. The zero-order valence-corrected chi connectivity index (χ0v) is 15.6. The lowest BCUT2D eigenvalue weighted by Crippen LogP contribution is -2.37. The standard InChI is InChI=1S/C17H32O3Si/c1-7-21(8-2,9-3)20-15-11-10-14(13(15)4)16-12-18-17(5,6)19-16/h11,13-14,16H,7-10,12H2,1-6H3/t13-,14+,16?/m1/s1. The van der Waals surface area contributed by atoms with Crippen molar-refractivity contribution in [1.29, 1.82) is 0 Å². The Balaban J connectivity index is 1.99. The molecule has 0 spiro atoms. The summed E-state index contributed by atoms with van der Waals surface area (Å²) in [6.45, 7) is 13.9. The highest BCUT2D eigenvalue weighted by atomic mass is 28.4. The Labute approximate surface area is 131 Å². The van der Waals surface area contributed by atoms with Crippen LogP contribution in [0.25, 0.3) is 0 Å². The van der Waals surface area contributed by atoms with E-state index in [9.17, 15) is 0 Å². The number of ether oxygens (including phenoxy) is 2. The van der Waals surface area contributed by atoms with Gasteiger partial charge in [0.25, 0.3) is 0 Å². The van der Waals surface area contributed by atoms with Crippen LogP contribution >= 0.6 is 0 Å². The first-order chi connectivity index (χ1) is 9.86. The van der Waals surface area contributed by atoms with Crippen LogP contribution in [0.5, 0.6) is 0 Å². The molecular formula is C17H32O3Si. The molecule has 0 aromatic carbocycles. The lowest BCUT2D eigenvalue weighted by molar-refractivity contribution is -0.145. The molecule has 1 heterocycles. The molecule has 0 radical (unpaired) electrons. The summed E-state index contributed by atoms with van der Waals surface area (Å²) < 4.78 is 18.4. The molecule has 1 aliphatic carbocycles. The van der Waals surface area contributed by atoms with Gasteiger partial charge in [0.2, 0.25) is 8.32 Å². The third-order valence-corrected chi connectivity index (χ3v) is 9.99. The monoisotopic (exact) mass is 312 g/mol. The number of hydrogen-bond acceptors (Lipinski definition) is 3. The van der Waals surface area contributed by atoms with Gasteiger partial charge in [0.15, 0.2) is 5.79 Å². The van der Waals surface area contributed by atoms with Gasteiger partial charge in [-0.2, -0.15) is 0 Å². The fraction of sp³-hybridized carbons (Fsp3) is 0.882. The molecule has 0 saturated carbocycles. The molecule has 1 saturated heterocycles. The molecule has 21 heavy (non-hydrogen) atoms. The molecule has 4 heteroatoms. The summed E-state index contributed by atoms with van der Waals surface area (Å²) in [7, 11) is -1.56. The van der Waals surface area contributed by atoms with Crippen LogP contribution in [0.2, 0.25) is 18.1 Å². The van der Waals surface area contributed by atoms with Crippen LogP contribution in [0, 0.1) is 11.8 Å². The Morgan fingerprint density at radius 1 is 1.24 bits per heavy atom. The summed E-state index contributed by atoms with van der Waals surface area (Å²) in [5, 5.41) is 0. The first-order valence-corrected chi connectivity index (χ1v) is 11.1. The third kappa shape index (κ3) is 3.54. The van der Waals surface area contributed by atoms with Crippen molar-refractivity contribution in [1.82, 2.24) is 0 Å². The molecule has 3 atom stereocenters. The predicted molar refractivity (Wildman–Crippen MR) is 88.5 cm³/mol. The van der Waals surface area contributed by atoms with Crippen LogP contribution in [0.4, 0.5) is 0 Å². The number of hydrogen-bond donors (Lipinski definition) is 0. The summed E-state index contributed by atoms with van der Waals surface area (Å²) in [6.07, 6.45) is 3.57. The summed E-state index contributed by atoms with van der Waals surface area (Å²) in [6, 6.07) is 3.60. The fourth-order valence-corrected chi connectivity index (χ4v) is 6.31. The minimum atomic E-state index is -1.56. The van der Waals surface area contributed by atoms with Gasteiger partial charge in [-0.05, 0) is 44.5 Å². The van der Waals surface area contributed by atoms with Crippen molar-refractivity contribution >= 4 is 8.32 Å². The van der Waals surface area contributed by atoms with Crippen LogP contribution < -0.4 is 0 Å². The van der Waals surface area contributed by atoms with E-state index in [2.05, 4.69) is 33.8 Å². The van der Waals surface area contributed by atoms with Crippen molar-refractivity contribution in [2.45, 2.75) is 78.0 Å². The Morgan fingerprint density at radius 2 is 1.86 bits per heavy atom. The SMILES string of the molecule is CC[Si](CC)(CC)OC1=CC[C@H](C2COC(C)(C)O2)[C@H]1C. The maximum Gasteiger partial charge on any atom is 0.250 e. The van der Waals surface area contributed by atoms with E-state index in [0.29, 0.717) is 18.4 Å². The zero-order chi connectivity index (χ0) is 15.7. The first kappa shape index (κ1) is 17.0. The summed E-state index contributed by atoms with van der Waals surface area (Å²) >= 11 is 0. The van der Waals surface area contributed by atoms with Gasteiger partial charge in [0, 0.05) is 11.8 Å². The van der Waals surface area contributed by atoms with Crippen LogP contribution in [-0.4, -0.2) is 26.8 Å². The number of allylic oxidation sites excluding steroid dienone is 2. The fourth-order valence-electron chi connectivity index (χ4n) is 3.60. The molecule has 0 amide bonds. The smallest absolute Gasteiger partial charge is 0.250 e. The summed E-state index contributed by atoms with van der Waals surface area (Å²) in [5.41, 5.74) is 0. The van der Waals surface area contributed by atoms with Gasteiger partial charge >= 0.3 is 0 Å². The maximum atomic E-state index is 6.60. The van der Waals surface area contributed by atoms with Crippen molar-refractivity contribution in [2.24, 2.45) is 11.8 Å². The summed E-state index contributed by atoms with van der Waals surface area (Å²) in [5.74, 6) is 1.75. The molecule has 0 aromatic heterocycles. The van der Waals surface area contributed by atoms with Crippen molar-refractivity contribution in [2.75, 3.05) is 6.61 Å². The van der Waals surface area contributed by atoms with Gasteiger partial charge in [-0.25, -0.2) is 0 Å². The average Bonchev–Trinajstić information content (AvgIpc) is 2.99. The van der Waals surface area contributed by atoms with Gasteiger partial charge in [-0.3, -0.25) is 0 Å². The molecule has 1 aliphatic heterocycles. The van der Waals surface area contributed by atoms with E-state index in [1.54, 1.807) is 0 Å². The van der Waals surface area contributed by atoms with Crippen LogP contribution in [0.1, 0.15) is 48.0 Å². The third-order valence-electron chi connectivity index (χ3n) is 5.46. The molecule has 0 bridgehead atoms. The zero-order valence-electron chi connectivity index (χ0n) is 14.6. The summed E-state index contributed by atoms with van der Waals surface area (Å²) in [4.78, 5) is 0. The molecule has 1 fully saturated rings. The Bertz CT molecular complexity index is 379. The minimum Gasteiger partial charge on any atom is -0.547 e. The highest BCUT2D eigenvalue weighted by molar-refractivity contribution is 6.73. The van der Waals surface area contributed by atoms with Crippen molar-refractivity contribution in [3.8, 4) is 0 Å². The highest BCUT2D eigenvalue weighted by Crippen LogP contribution is 2.41. The molecule has 2 aliphatic rings. The normalized spacial score (nSPS) is 32.3. The second-order valence-corrected chi connectivity index (χ2v) is 11.7. The highest BCUT2D eigenvalue weighted by Gasteiger charge is 2.43. The van der Waals surface area contributed by atoms with Gasteiger partial charge in [-0.15, -0.1) is 0 Å². The van der Waals surface area contributed by atoms with Gasteiger partial charge in [0.1, 0.15) is 0 Å². The van der Waals surface area contributed by atoms with Crippen molar-refractivity contribution < 1.29 is 13.9 Å². The van der Waals surface area contributed by atoms with E-state index >= 15 is 0 Å². The van der Waals surface area contributed by atoms with E-state index < -0.39 is 14.1 Å². The second-order valence-electron chi connectivity index (χ2n) is 7.01. The molecule has 122 valence electrons. The first-order valence-electron chi connectivity index (χ1n) is 8.57. The van der Waals surface area contributed by atoms with Crippen LogP contribution in [0.15, 0.2) is 11.8 Å². The van der Waals surface area contributed by atoms with Gasteiger partial charge in [-0.1, -0.05) is 27.7 Å². The lowest BCUT2D eigenvalue weighted by atomic mass is 9.91. The van der Waals surface area contributed by atoms with Crippen LogP contribution in [0.3, 0.4) is 0 Å². The van der Waals surface area contributed by atoms with Crippen molar-refractivity contribution in [3.05, 3.63) is 11.8 Å². The Kier molecular flexibility index (Phi) is 5.22. The molecule has 0 aromatic rings. The molecule has 0 N–H and O–H groups in total. The molecule has 1 unspecified atom stereocenters. The average molecular weight is 313 g/mol. The molecule has 2 rings (SSSR count). The van der Waals surface area contributed by atoms with E-state index in [0.717, 1.165) is 6.42 Å². The van der Waals surface area contributed by atoms with Crippen molar-refractivity contribution in [3.63, 3.8) is 0 Å². The van der Waals surface area contributed by atoms with E-state index in [-0.39, 0.29) is 6.10 Å².